The Morgan fingerprint density at radius 2 is 2.00 bits per heavy atom. The van der Waals surface area contributed by atoms with Crippen molar-refractivity contribution in [2.45, 2.75) is 39.0 Å². The molecule has 1 N–H and O–H groups in total. The van der Waals surface area contributed by atoms with E-state index in [0.717, 1.165) is 17.4 Å². The van der Waals surface area contributed by atoms with Crippen molar-refractivity contribution in [1.29, 1.82) is 0 Å². The molecule has 0 bridgehead atoms. The zero-order valence-electron chi connectivity index (χ0n) is 9.58. The van der Waals surface area contributed by atoms with Crippen LogP contribution < -0.4 is 0 Å². The van der Waals surface area contributed by atoms with Gasteiger partial charge in [0.2, 0.25) is 0 Å². The van der Waals surface area contributed by atoms with Crippen molar-refractivity contribution < 1.29 is 9.90 Å². The summed E-state index contributed by atoms with van der Waals surface area (Å²) >= 11 is 0. The molecule has 0 fully saturated rings. The average molecular weight is 206 g/mol. The molecule has 0 unspecified atom stereocenters. The minimum atomic E-state index is -0.0682. The molecule has 0 aliphatic carbocycles. The fraction of sp³-hybridized carbons (Fsp3) is 0.462. The van der Waals surface area contributed by atoms with Crippen LogP contribution in [-0.4, -0.2) is 11.4 Å². The van der Waals surface area contributed by atoms with E-state index in [1.165, 1.54) is 0 Å². The Morgan fingerprint density at radius 1 is 1.33 bits per heavy atom. The number of hydrogen-bond donors (Lipinski definition) is 1. The van der Waals surface area contributed by atoms with Crippen LogP contribution in [0.1, 0.15) is 38.3 Å². The molecule has 1 aromatic carbocycles. The summed E-state index contributed by atoms with van der Waals surface area (Å²) in [6, 6.07) is 5.73. The summed E-state index contributed by atoms with van der Waals surface area (Å²) in [7, 11) is 0. The standard InChI is InChI=1S/C13H18O2/c1-13(2,3)11-8-4-6-10(12(11)15)7-5-9-14/h4,6,8-9,15H,5,7H2,1-3H3. The van der Waals surface area contributed by atoms with Crippen LogP contribution in [0.15, 0.2) is 18.2 Å². The summed E-state index contributed by atoms with van der Waals surface area (Å²) in [5.74, 6) is 0.340. The first kappa shape index (κ1) is 11.8. The SMILES string of the molecule is CC(C)(C)c1cccc(CCC=O)c1O. The zero-order valence-corrected chi connectivity index (χ0v) is 9.58. The predicted molar refractivity (Wildman–Crippen MR) is 61.2 cm³/mol. The van der Waals surface area contributed by atoms with Gasteiger partial charge in [0, 0.05) is 6.42 Å². The maximum absolute atomic E-state index is 10.3. The minimum Gasteiger partial charge on any atom is -0.507 e. The molecule has 0 amide bonds. The highest BCUT2D eigenvalue weighted by Crippen LogP contribution is 2.33. The normalized spacial score (nSPS) is 11.4. The highest BCUT2D eigenvalue weighted by atomic mass is 16.3. The Kier molecular flexibility index (Phi) is 3.51. The number of hydrogen-bond acceptors (Lipinski definition) is 2. The molecule has 0 heterocycles. The van der Waals surface area contributed by atoms with Crippen LogP contribution in [0, 0.1) is 0 Å². The molecule has 0 spiro atoms. The van der Waals surface area contributed by atoms with Crippen LogP contribution in [0.25, 0.3) is 0 Å². The molecule has 0 aliphatic rings. The Bertz CT molecular complexity index is 348. The van der Waals surface area contributed by atoms with Crippen LogP contribution >= 0.6 is 0 Å². The van der Waals surface area contributed by atoms with Gasteiger partial charge in [0.25, 0.3) is 0 Å². The van der Waals surface area contributed by atoms with Gasteiger partial charge in [0.15, 0.2) is 0 Å². The third-order valence-electron chi connectivity index (χ3n) is 2.46. The van der Waals surface area contributed by atoms with E-state index in [-0.39, 0.29) is 5.41 Å². The Balaban J connectivity index is 3.06. The second kappa shape index (κ2) is 4.47. The zero-order chi connectivity index (χ0) is 11.5. The lowest BCUT2D eigenvalue weighted by molar-refractivity contribution is -0.107. The van der Waals surface area contributed by atoms with Crippen LogP contribution in [0.3, 0.4) is 0 Å². The molecular formula is C13H18O2. The third-order valence-corrected chi connectivity index (χ3v) is 2.46. The van der Waals surface area contributed by atoms with E-state index < -0.39 is 0 Å². The molecule has 0 aromatic heterocycles. The Labute approximate surface area is 90.9 Å². The maximum Gasteiger partial charge on any atom is 0.122 e. The number of carbonyl (C=O) groups excluding carboxylic acids is 1. The van der Waals surface area contributed by atoms with E-state index in [2.05, 4.69) is 20.8 Å². The Morgan fingerprint density at radius 3 is 2.53 bits per heavy atom. The van der Waals surface area contributed by atoms with Gasteiger partial charge < -0.3 is 9.90 Å². The summed E-state index contributed by atoms with van der Waals surface area (Å²) < 4.78 is 0. The number of aryl methyl sites for hydroxylation is 1. The summed E-state index contributed by atoms with van der Waals surface area (Å²) in [6.07, 6.45) is 1.95. The van der Waals surface area contributed by atoms with Crippen molar-refractivity contribution in [3.05, 3.63) is 29.3 Å². The van der Waals surface area contributed by atoms with Crippen molar-refractivity contribution in [2.24, 2.45) is 0 Å². The molecule has 0 saturated carbocycles. The second-order valence-corrected chi connectivity index (χ2v) is 4.77. The van der Waals surface area contributed by atoms with Crippen molar-refractivity contribution >= 4 is 6.29 Å². The van der Waals surface area contributed by atoms with Gasteiger partial charge in [0.1, 0.15) is 12.0 Å². The number of phenolic OH excluding ortho intramolecular Hbond substituents is 1. The first-order valence-electron chi connectivity index (χ1n) is 5.22. The fourth-order valence-corrected chi connectivity index (χ4v) is 1.61. The summed E-state index contributed by atoms with van der Waals surface area (Å²) in [4.78, 5) is 10.3. The molecule has 15 heavy (non-hydrogen) atoms. The predicted octanol–water partition coefficient (Wildman–Crippen LogP) is 2.82. The van der Waals surface area contributed by atoms with E-state index in [1.54, 1.807) is 0 Å². The number of benzene rings is 1. The average Bonchev–Trinajstić information content (AvgIpc) is 2.14. The van der Waals surface area contributed by atoms with Gasteiger partial charge in [-0.05, 0) is 23.0 Å². The maximum atomic E-state index is 10.3. The number of para-hydroxylation sites is 1. The molecule has 0 saturated heterocycles. The molecule has 0 radical (unpaired) electrons. The van der Waals surface area contributed by atoms with Crippen LogP contribution in [-0.2, 0) is 16.6 Å². The molecule has 2 nitrogen and oxygen atoms in total. The van der Waals surface area contributed by atoms with Gasteiger partial charge >= 0.3 is 0 Å². The largest absolute Gasteiger partial charge is 0.507 e. The topological polar surface area (TPSA) is 37.3 Å². The number of carbonyl (C=O) groups is 1. The highest BCUT2D eigenvalue weighted by Gasteiger charge is 2.19. The van der Waals surface area contributed by atoms with Gasteiger partial charge in [-0.1, -0.05) is 39.0 Å². The van der Waals surface area contributed by atoms with Crippen molar-refractivity contribution in [3.63, 3.8) is 0 Å². The molecular weight excluding hydrogens is 188 g/mol. The van der Waals surface area contributed by atoms with E-state index in [0.29, 0.717) is 18.6 Å². The van der Waals surface area contributed by atoms with Gasteiger partial charge in [-0.15, -0.1) is 0 Å². The van der Waals surface area contributed by atoms with E-state index in [4.69, 9.17) is 0 Å². The number of phenols is 1. The summed E-state index contributed by atoms with van der Waals surface area (Å²) in [5, 5.41) is 10.0. The molecule has 0 atom stereocenters. The van der Waals surface area contributed by atoms with Gasteiger partial charge in [0.05, 0.1) is 0 Å². The van der Waals surface area contributed by atoms with Gasteiger partial charge in [-0.2, -0.15) is 0 Å². The van der Waals surface area contributed by atoms with Crippen LogP contribution in [0.4, 0.5) is 0 Å². The highest BCUT2D eigenvalue weighted by molar-refractivity contribution is 5.52. The first-order chi connectivity index (χ1) is 6.96. The van der Waals surface area contributed by atoms with Gasteiger partial charge in [-0.25, -0.2) is 0 Å². The van der Waals surface area contributed by atoms with Crippen molar-refractivity contribution in [2.75, 3.05) is 0 Å². The number of aldehydes is 1. The third kappa shape index (κ3) is 2.82. The molecule has 0 aliphatic heterocycles. The van der Waals surface area contributed by atoms with Gasteiger partial charge in [-0.3, -0.25) is 0 Å². The molecule has 2 heteroatoms. The fourth-order valence-electron chi connectivity index (χ4n) is 1.61. The molecule has 1 aromatic rings. The number of rotatable bonds is 3. The monoisotopic (exact) mass is 206 g/mol. The smallest absolute Gasteiger partial charge is 0.122 e. The van der Waals surface area contributed by atoms with Crippen LogP contribution in [0.5, 0.6) is 5.75 Å². The first-order valence-corrected chi connectivity index (χ1v) is 5.22. The molecule has 82 valence electrons. The molecule has 1 rings (SSSR count). The number of aromatic hydroxyl groups is 1. The summed E-state index contributed by atoms with van der Waals surface area (Å²) in [5.41, 5.74) is 1.72. The van der Waals surface area contributed by atoms with Crippen LogP contribution in [0.2, 0.25) is 0 Å². The van der Waals surface area contributed by atoms with Crippen molar-refractivity contribution in [1.82, 2.24) is 0 Å². The lowest BCUT2D eigenvalue weighted by Crippen LogP contribution is -2.11. The minimum absolute atomic E-state index is 0.0682. The quantitative estimate of drug-likeness (QED) is 0.772. The Hall–Kier alpha value is -1.31. The van der Waals surface area contributed by atoms with E-state index >= 15 is 0 Å². The van der Waals surface area contributed by atoms with E-state index in [9.17, 15) is 9.90 Å². The lowest BCUT2D eigenvalue weighted by atomic mass is 9.85. The summed E-state index contributed by atoms with van der Waals surface area (Å²) in [6.45, 7) is 6.18. The lowest BCUT2D eigenvalue weighted by Gasteiger charge is -2.21. The van der Waals surface area contributed by atoms with E-state index in [1.807, 2.05) is 18.2 Å². The van der Waals surface area contributed by atoms with Crippen molar-refractivity contribution in [3.8, 4) is 5.75 Å². The second-order valence-electron chi connectivity index (χ2n) is 4.77.